The fourth-order valence-corrected chi connectivity index (χ4v) is 1.97. The first kappa shape index (κ1) is 16.6. The Bertz CT molecular complexity index is 510. The fourth-order valence-electron chi connectivity index (χ4n) is 1.58. The van der Waals surface area contributed by atoms with Crippen LogP contribution in [0.3, 0.4) is 0 Å². The maximum absolute atomic E-state index is 12.1. The molecule has 112 valence electrons. The molecule has 1 aromatic rings. The third kappa shape index (κ3) is 4.92. The Morgan fingerprint density at radius 3 is 2.50 bits per heavy atom. The molecule has 0 fully saturated rings. The number of pyridine rings is 1. The van der Waals surface area contributed by atoms with Crippen molar-refractivity contribution in [1.82, 2.24) is 10.3 Å². The normalized spacial score (nSPS) is 12.8. The maximum Gasteiger partial charge on any atom is 0.251 e. The van der Waals surface area contributed by atoms with Crippen LogP contribution in [0.25, 0.3) is 0 Å². The molecule has 20 heavy (non-hydrogen) atoms. The first-order valence-corrected chi connectivity index (χ1v) is 8.25. The summed E-state index contributed by atoms with van der Waals surface area (Å²) in [5.41, 5.74) is 1.29. The summed E-state index contributed by atoms with van der Waals surface area (Å²) in [6.45, 7) is 6.56. The Morgan fingerprint density at radius 2 is 2.00 bits per heavy atom. The summed E-state index contributed by atoms with van der Waals surface area (Å²) < 4.78 is 11.0. The zero-order valence-electron chi connectivity index (χ0n) is 12.7. The molecule has 1 aromatic heterocycles. The van der Waals surface area contributed by atoms with Crippen LogP contribution in [0.2, 0.25) is 0 Å². The van der Waals surface area contributed by atoms with E-state index in [1.165, 1.54) is 0 Å². The van der Waals surface area contributed by atoms with Crippen molar-refractivity contribution in [3.63, 3.8) is 0 Å². The number of rotatable bonds is 5. The Kier molecular flexibility index (Phi) is 5.68. The molecule has 0 saturated carbocycles. The molecule has 0 aromatic carbocycles. The number of anilines is 1. The van der Waals surface area contributed by atoms with Crippen LogP contribution in [0.1, 0.15) is 36.8 Å². The molecule has 0 bridgehead atoms. The molecule has 6 heteroatoms. The van der Waals surface area contributed by atoms with Gasteiger partial charge in [-0.15, -0.1) is 0 Å². The van der Waals surface area contributed by atoms with Crippen molar-refractivity contribution in [3.05, 3.63) is 23.4 Å². The van der Waals surface area contributed by atoms with Crippen LogP contribution < -0.4 is 10.6 Å². The van der Waals surface area contributed by atoms with Gasteiger partial charge in [0.2, 0.25) is 0 Å². The molecule has 1 amide bonds. The van der Waals surface area contributed by atoms with E-state index in [4.69, 9.17) is 0 Å². The van der Waals surface area contributed by atoms with E-state index in [0.717, 1.165) is 5.69 Å². The average Bonchev–Trinajstić information content (AvgIpc) is 2.36. The average molecular weight is 297 g/mol. The highest BCUT2D eigenvalue weighted by Gasteiger charge is 2.19. The number of carbonyl (C=O) groups excluding carboxylic acids is 1. The van der Waals surface area contributed by atoms with Crippen LogP contribution in [0.5, 0.6) is 0 Å². The predicted molar refractivity (Wildman–Crippen MR) is 83.8 cm³/mol. The highest BCUT2D eigenvalue weighted by molar-refractivity contribution is 7.84. The number of carbonyl (C=O) groups is 1. The lowest BCUT2D eigenvalue weighted by molar-refractivity contribution is 0.0956. The van der Waals surface area contributed by atoms with Crippen molar-refractivity contribution in [3.8, 4) is 0 Å². The molecule has 0 aliphatic rings. The zero-order chi connectivity index (χ0) is 15.3. The van der Waals surface area contributed by atoms with Gasteiger partial charge in [0.25, 0.3) is 5.91 Å². The number of nitrogens with one attached hydrogen (secondary N) is 2. The number of hydrogen-bond donors (Lipinski definition) is 2. The molecule has 1 heterocycles. The van der Waals surface area contributed by atoms with Gasteiger partial charge in [0.15, 0.2) is 0 Å². The van der Waals surface area contributed by atoms with Gasteiger partial charge in [-0.05, 0) is 12.1 Å². The summed E-state index contributed by atoms with van der Waals surface area (Å²) in [5, 5.41) is 5.74. The molecule has 0 aliphatic carbocycles. The van der Waals surface area contributed by atoms with Crippen LogP contribution in [-0.4, -0.2) is 40.7 Å². The Labute approximate surface area is 123 Å². The second kappa shape index (κ2) is 6.83. The number of hydrogen-bond acceptors (Lipinski definition) is 4. The second-order valence-corrected chi connectivity index (χ2v) is 7.21. The third-order valence-corrected chi connectivity index (χ3v) is 3.57. The summed E-state index contributed by atoms with van der Waals surface area (Å²) >= 11 is 0. The van der Waals surface area contributed by atoms with Crippen LogP contribution in [0.4, 0.5) is 5.82 Å². The predicted octanol–water partition coefficient (Wildman–Crippen LogP) is 1.53. The van der Waals surface area contributed by atoms with Crippen molar-refractivity contribution >= 4 is 22.5 Å². The minimum Gasteiger partial charge on any atom is -0.373 e. The molecular weight excluding hydrogens is 274 g/mol. The monoisotopic (exact) mass is 297 g/mol. The van der Waals surface area contributed by atoms with Gasteiger partial charge in [0.05, 0.1) is 0 Å². The van der Waals surface area contributed by atoms with E-state index in [-0.39, 0.29) is 11.3 Å². The second-order valence-electron chi connectivity index (χ2n) is 5.66. The number of nitrogens with zero attached hydrogens (tertiary/aromatic N) is 1. The molecule has 1 rings (SSSR count). The van der Waals surface area contributed by atoms with E-state index in [1.807, 2.05) is 0 Å². The van der Waals surface area contributed by atoms with Crippen LogP contribution in [-0.2, 0) is 16.2 Å². The molecule has 2 N–H and O–H groups in total. The summed E-state index contributed by atoms with van der Waals surface area (Å²) in [5.74, 6) is 0.962. The molecular formula is C14H23N3O2S. The van der Waals surface area contributed by atoms with Crippen molar-refractivity contribution in [2.45, 2.75) is 26.2 Å². The van der Waals surface area contributed by atoms with Gasteiger partial charge in [0, 0.05) is 53.1 Å². The summed E-state index contributed by atoms with van der Waals surface area (Å²) in [6.07, 6.45) is 1.62. The minimum atomic E-state index is -0.902. The van der Waals surface area contributed by atoms with Crippen molar-refractivity contribution < 1.29 is 9.00 Å². The van der Waals surface area contributed by atoms with Gasteiger partial charge in [0.1, 0.15) is 5.82 Å². The first-order valence-electron chi connectivity index (χ1n) is 6.52. The van der Waals surface area contributed by atoms with E-state index in [2.05, 4.69) is 36.4 Å². The molecule has 0 spiro atoms. The summed E-state index contributed by atoms with van der Waals surface area (Å²) in [4.78, 5) is 16.6. The number of amides is 1. The molecule has 5 nitrogen and oxygen atoms in total. The highest BCUT2D eigenvalue weighted by atomic mass is 32.2. The van der Waals surface area contributed by atoms with Gasteiger partial charge >= 0.3 is 0 Å². The van der Waals surface area contributed by atoms with Crippen LogP contribution in [0.15, 0.2) is 12.1 Å². The van der Waals surface area contributed by atoms with Crippen molar-refractivity contribution in [1.29, 1.82) is 0 Å². The Morgan fingerprint density at radius 1 is 1.35 bits per heavy atom. The standard InChI is InChI=1S/C14H23N3O2S/c1-14(2,3)11-8-10(9-12(15-4)17-11)13(18)16-6-7-20(5)19/h8-9H,6-7H2,1-5H3,(H,15,17)(H,16,18). The van der Waals surface area contributed by atoms with Gasteiger partial charge in [-0.3, -0.25) is 9.00 Å². The molecule has 0 radical (unpaired) electrons. The summed E-state index contributed by atoms with van der Waals surface area (Å²) in [7, 11) is 0.872. The lowest BCUT2D eigenvalue weighted by Gasteiger charge is -2.19. The molecule has 1 atom stereocenters. The SMILES string of the molecule is CNc1cc(C(=O)NCCS(C)=O)cc(C(C)(C)C)n1. The molecule has 0 saturated heterocycles. The van der Waals surface area contributed by atoms with Gasteiger partial charge < -0.3 is 10.6 Å². The summed E-state index contributed by atoms with van der Waals surface area (Å²) in [6, 6.07) is 3.52. The Hall–Kier alpha value is -1.43. The first-order chi connectivity index (χ1) is 9.24. The number of aromatic nitrogens is 1. The van der Waals surface area contributed by atoms with Gasteiger partial charge in [-0.1, -0.05) is 20.8 Å². The quantitative estimate of drug-likeness (QED) is 0.864. The van der Waals surface area contributed by atoms with Crippen LogP contribution in [0, 0.1) is 0 Å². The highest BCUT2D eigenvalue weighted by Crippen LogP contribution is 2.23. The lowest BCUT2D eigenvalue weighted by Crippen LogP contribution is -2.28. The molecule has 1 unspecified atom stereocenters. The van der Waals surface area contributed by atoms with Gasteiger partial charge in [-0.25, -0.2) is 4.98 Å². The maximum atomic E-state index is 12.1. The lowest BCUT2D eigenvalue weighted by atomic mass is 9.90. The van der Waals surface area contributed by atoms with E-state index >= 15 is 0 Å². The van der Waals surface area contributed by atoms with Crippen molar-refractivity contribution in [2.24, 2.45) is 0 Å². The van der Waals surface area contributed by atoms with E-state index in [9.17, 15) is 9.00 Å². The topological polar surface area (TPSA) is 71.1 Å². The van der Waals surface area contributed by atoms with Crippen LogP contribution >= 0.6 is 0 Å². The van der Waals surface area contributed by atoms with E-state index in [1.54, 1.807) is 25.4 Å². The van der Waals surface area contributed by atoms with Crippen molar-refractivity contribution in [2.75, 3.05) is 30.9 Å². The van der Waals surface area contributed by atoms with Gasteiger partial charge in [-0.2, -0.15) is 0 Å². The largest absolute Gasteiger partial charge is 0.373 e. The molecule has 0 aliphatic heterocycles. The third-order valence-electron chi connectivity index (χ3n) is 2.79. The fraction of sp³-hybridized carbons (Fsp3) is 0.571. The minimum absolute atomic E-state index is 0.132. The zero-order valence-corrected chi connectivity index (χ0v) is 13.6. The Balaban J connectivity index is 2.93. The van der Waals surface area contributed by atoms with E-state index in [0.29, 0.717) is 23.7 Å². The smallest absolute Gasteiger partial charge is 0.251 e. The van der Waals surface area contributed by atoms with E-state index < -0.39 is 10.8 Å².